The molecule has 0 saturated carbocycles. The van der Waals surface area contributed by atoms with E-state index in [1.54, 1.807) is 31.2 Å². The van der Waals surface area contributed by atoms with E-state index in [1.165, 1.54) is 6.08 Å². The third-order valence-corrected chi connectivity index (χ3v) is 6.05. The Kier molecular flexibility index (Phi) is 6.86. The van der Waals surface area contributed by atoms with Gasteiger partial charge in [-0.3, -0.25) is 14.9 Å². The second-order valence-corrected chi connectivity index (χ2v) is 9.20. The Balaban J connectivity index is 1.69. The summed E-state index contributed by atoms with van der Waals surface area (Å²) in [7, 11) is 0. The van der Waals surface area contributed by atoms with E-state index in [4.69, 9.17) is 16.3 Å². The number of barbiturate groups is 1. The van der Waals surface area contributed by atoms with Crippen molar-refractivity contribution in [3.05, 3.63) is 98.0 Å². The number of halogens is 2. The zero-order chi connectivity index (χ0) is 24.4. The number of aryl methyl sites for hydroxylation is 2. The van der Waals surface area contributed by atoms with Gasteiger partial charge in [0.05, 0.1) is 5.69 Å². The summed E-state index contributed by atoms with van der Waals surface area (Å²) in [6.45, 7) is 3.93. The van der Waals surface area contributed by atoms with Crippen LogP contribution in [-0.4, -0.2) is 17.8 Å². The third kappa shape index (κ3) is 5.05. The molecule has 0 radical (unpaired) electrons. The van der Waals surface area contributed by atoms with Crippen molar-refractivity contribution in [2.24, 2.45) is 0 Å². The first-order valence-corrected chi connectivity index (χ1v) is 11.6. The quantitative estimate of drug-likeness (QED) is 0.320. The number of ether oxygens (including phenoxy) is 1. The number of urea groups is 1. The molecule has 0 spiro atoms. The molecule has 0 aromatic heterocycles. The first-order chi connectivity index (χ1) is 16.2. The van der Waals surface area contributed by atoms with Crippen molar-refractivity contribution in [2.75, 3.05) is 4.90 Å². The van der Waals surface area contributed by atoms with E-state index in [1.807, 2.05) is 43.3 Å². The number of nitrogens with one attached hydrogen (secondary N) is 1. The number of hydrogen-bond donors (Lipinski definition) is 1. The highest BCUT2D eigenvalue weighted by Gasteiger charge is 2.37. The zero-order valence-corrected chi connectivity index (χ0v) is 20.7. The van der Waals surface area contributed by atoms with Gasteiger partial charge >= 0.3 is 6.03 Å². The SMILES string of the molecule is Cc1ccc(C)c(N2C(=O)NC(=O)/C(=C\c3cc(Cl)ccc3OCc3ccc(Br)cc3)C2=O)c1. The number of carbonyl (C=O) groups is 3. The van der Waals surface area contributed by atoms with Crippen molar-refractivity contribution in [2.45, 2.75) is 20.5 Å². The van der Waals surface area contributed by atoms with E-state index in [0.29, 0.717) is 22.0 Å². The summed E-state index contributed by atoms with van der Waals surface area (Å²) in [4.78, 5) is 39.5. The van der Waals surface area contributed by atoms with Crippen LogP contribution in [0.5, 0.6) is 5.75 Å². The lowest BCUT2D eigenvalue weighted by molar-refractivity contribution is -0.122. The Morgan fingerprint density at radius 1 is 1.00 bits per heavy atom. The smallest absolute Gasteiger partial charge is 0.335 e. The minimum Gasteiger partial charge on any atom is -0.488 e. The molecule has 1 N–H and O–H groups in total. The topological polar surface area (TPSA) is 75.7 Å². The molecule has 1 heterocycles. The van der Waals surface area contributed by atoms with Crippen LogP contribution in [0.15, 0.2) is 70.7 Å². The van der Waals surface area contributed by atoms with Gasteiger partial charge in [-0.05, 0) is 73.0 Å². The average molecular weight is 540 g/mol. The molecule has 8 heteroatoms. The van der Waals surface area contributed by atoms with Crippen molar-refractivity contribution in [1.82, 2.24) is 5.32 Å². The van der Waals surface area contributed by atoms with Crippen LogP contribution in [0.25, 0.3) is 6.08 Å². The summed E-state index contributed by atoms with van der Waals surface area (Å²) in [5.41, 5.74) is 3.20. The maximum atomic E-state index is 13.3. The molecule has 3 aromatic rings. The minimum absolute atomic E-state index is 0.198. The molecule has 172 valence electrons. The maximum absolute atomic E-state index is 13.3. The zero-order valence-electron chi connectivity index (χ0n) is 18.4. The van der Waals surface area contributed by atoms with Gasteiger partial charge in [0.2, 0.25) is 0 Å². The van der Waals surface area contributed by atoms with Crippen molar-refractivity contribution < 1.29 is 19.1 Å². The molecule has 1 fully saturated rings. The number of anilines is 1. The summed E-state index contributed by atoms with van der Waals surface area (Å²) in [5, 5.41) is 2.66. The second kappa shape index (κ2) is 9.83. The third-order valence-electron chi connectivity index (χ3n) is 5.29. The van der Waals surface area contributed by atoms with E-state index >= 15 is 0 Å². The van der Waals surface area contributed by atoms with Gasteiger partial charge < -0.3 is 4.74 Å². The van der Waals surface area contributed by atoms with Gasteiger partial charge in [-0.15, -0.1) is 0 Å². The van der Waals surface area contributed by atoms with E-state index < -0.39 is 17.8 Å². The summed E-state index contributed by atoms with van der Waals surface area (Å²) in [6.07, 6.45) is 1.39. The standard InChI is InChI=1S/C26H20BrClN2O4/c1-15-3-4-16(2)22(11-15)30-25(32)21(24(31)29-26(30)33)13-18-12-20(28)9-10-23(18)34-14-17-5-7-19(27)8-6-17/h3-13H,14H2,1-2H3,(H,29,31,33)/b21-13+. The Morgan fingerprint density at radius 2 is 1.74 bits per heavy atom. The van der Waals surface area contributed by atoms with Crippen LogP contribution in [0.3, 0.4) is 0 Å². The predicted molar refractivity (Wildman–Crippen MR) is 135 cm³/mol. The number of rotatable bonds is 5. The van der Waals surface area contributed by atoms with Crippen LogP contribution in [0.4, 0.5) is 10.5 Å². The Hall–Kier alpha value is -3.42. The summed E-state index contributed by atoms with van der Waals surface area (Å²) in [6, 6.07) is 17.2. The van der Waals surface area contributed by atoms with Crippen molar-refractivity contribution in [3.63, 3.8) is 0 Å². The van der Waals surface area contributed by atoms with Gasteiger partial charge in [0.15, 0.2) is 0 Å². The lowest BCUT2D eigenvalue weighted by atomic mass is 10.0. The normalized spacial score (nSPS) is 15.0. The Morgan fingerprint density at radius 3 is 2.47 bits per heavy atom. The molecule has 1 aliphatic rings. The van der Waals surface area contributed by atoms with Crippen LogP contribution < -0.4 is 15.0 Å². The van der Waals surface area contributed by atoms with Crippen molar-refractivity contribution in [1.29, 1.82) is 0 Å². The molecule has 1 aliphatic heterocycles. The Bertz CT molecular complexity index is 1340. The fourth-order valence-corrected chi connectivity index (χ4v) is 3.94. The lowest BCUT2D eigenvalue weighted by Gasteiger charge is -2.28. The molecular formula is C26H20BrClN2O4. The van der Waals surface area contributed by atoms with Gasteiger partial charge in [-0.1, -0.05) is 51.8 Å². The molecule has 0 unspecified atom stereocenters. The molecule has 34 heavy (non-hydrogen) atoms. The van der Waals surface area contributed by atoms with Crippen LogP contribution in [0.1, 0.15) is 22.3 Å². The molecule has 0 bridgehead atoms. The minimum atomic E-state index is -0.793. The van der Waals surface area contributed by atoms with Gasteiger partial charge in [-0.2, -0.15) is 0 Å². The molecule has 3 aromatic carbocycles. The predicted octanol–water partition coefficient (Wildman–Crippen LogP) is 5.96. The number of imide groups is 2. The van der Waals surface area contributed by atoms with E-state index in [2.05, 4.69) is 21.2 Å². The highest BCUT2D eigenvalue weighted by atomic mass is 79.9. The van der Waals surface area contributed by atoms with Crippen LogP contribution in [-0.2, 0) is 16.2 Å². The largest absolute Gasteiger partial charge is 0.488 e. The summed E-state index contributed by atoms with van der Waals surface area (Å²) >= 11 is 9.59. The molecule has 4 rings (SSSR count). The molecule has 4 amide bonds. The Labute approximate surface area is 210 Å². The van der Waals surface area contributed by atoms with Crippen LogP contribution in [0.2, 0.25) is 5.02 Å². The molecular weight excluding hydrogens is 520 g/mol. The molecule has 0 atom stereocenters. The van der Waals surface area contributed by atoms with Crippen LogP contribution in [0, 0.1) is 13.8 Å². The lowest BCUT2D eigenvalue weighted by Crippen LogP contribution is -2.54. The van der Waals surface area contributed by atoms with Crippen LogP contribution >= 0.6 is 27.5 Å². The highest BCUT2D eigenvalue weighted by Crippen LogP contribution is 2.30. The fraction of sp³-hybridized carbons (Fsp3) is 0.115. The molecule has 0 aliphatic carbocycles. The maximum Gasteiger partial charge on any atom is 0.335 e. The van der Waals surface area contributed by atoms with Gasteiger partial charge in [-0.25, -0.2) is 9.69 Å². The second-order valence-electron chi connectivity index (χ2n) is 7.85. The van der Waals surface area contributed by atoms with E-state index in [0.717, 1.165) is 26.1 Å². The number of hydrogen-bond acceptors (Lipinski definition) is 4. The number of carbonyl (C=O) groups excluding carboxylic acids is 3. The highest BCUT2D eigenvalue weighted by molar-refractivity contribution is 9.10. The molecule has 6 nitrogen and oxygen atoms in total. The molecule has 1 saturated heterocycles. The summed E-state index contributed by atoms with van der Waals surface area (Å²) < 4.78 is 6.91. The van der Waals surface area contributed by atoms with Gasteiger partial charge in [0.1, 0.15) is 17.9 Å². The summed E-state index contributed by atoms with van der Waals surface area (Å²) in [5.74, 6) is -1.06. The van der Waals surface area contributed by atoms with Crippen molar-refractivity contribution >= 4 is 57.1 Å². The average Bonchev–Trinajstić information content (AvgIpc) is 2.79. The van der Waals surface area contributed by atoms with Gasteiger partial charge in [0.25, 0.3) is 11.8 Å². The monoisotopic (exact) mass is 538 g/mol. The fourth-order valence-electron chi connectivity index (χ4n) is 3.50. The van der Waals surface area contributed by atoms with E-state index in [9.17, 15) is 14.4 Å². The first-order valence-electron chi connectivity index (χ1n) is 10.4. The number of nitrogens with zero attached hydrogens (tertiary/aromatic N) is 1. The number of benzene rings is 3. The van der Waals surface area contributed by atoms with E-state index in [-0.39, 0.29) is 12.2 Å². The van der Waals surface area contributed by atoms with Crippen molar-refractivity contribution in [3.8, 4) is 5.75 Å². The number of amides is 4. The first kappa shape index (κ1) is 23.7. The van der Waals surface area contributed by atoms with Gasteiger partial charge in [0, 0.05) is 15.1 Å².